The molecule has 0 radical (unpaired) electrons. The van der Waals surface area contributed by atoms with Crippen LogP contribution in [0.3, 0.4) is 0 Å². The third-order valence-electron chi connectivity index (χ3n) is 4.38. The third-order valence-corrected chi connectivity index (χ3v) is 4.86. The molecule has 1 aromatic heterocycles. The van der Waals surface area contributed by atoms with E-state index in [1.54, 1.807) is 46.2 Å². The van der Waals surface area contributed by atoms with Gasteiger partial charge in [0.1, 0.15) is 12.6 Å². The number of hydrogen-bond acceptors (Lipinski definition) is 3. The monoisotopic (exact) mass is 391 g/mol. The highest BCUT2D eigenvalue weighted by Crippen LogP contribution is 2.30. The molecule has 0 bridgehead atoms. The van der Waals surface area contributed by atoms with Crippen molar-refractivity contribution < 1.29 is 9.59 Å². The van der Waals surface area contributed by atoms with E-state index in [-0.39, 0.29) is 30.9 Å². The molecular weight excluding hydrogens is 373 g/mol. The molecule has 2 amide bonds. The Morgan fingerprint density at radius 2 is 1.73 bits per heavy atom. The summed E-state index contributed by atoms with van der Waals surface area (Å²) in [5.41, 5.74) is 1.40. The van der Waals surface area contributed by atoms with Gasteiger partial charge in [-0.25, -0.2) is 0 Å². The summed E-state index contributed by atoms with van der Waals surface area (Å²) >= 11 is 11.9. The maximum Gasteiger partial charge on any atom is 0.250 e. The maximum absolute atomic E-state index is 13.1. The van der Waals surface area contributed by atoms with Gasteiger partial charge >= 0.3 is 0 Å². The summed E-state index contributed by atoms with van der Waals surface area (Å²) in [4.78, 5) is 33.4. The van der Waals surface area contributed by atoms with Crippen LogP contribution in [0.1, 0.15) is 31.1 Å². The minimum absolute atomic E-state index is 0.0583. The summed E-state index contributed by atoms with van der Waals surface area (Å²) in [6.45, 7) is 4.11. The minimum atomic E-state index is -0.701. The number of hydrogen-bond donors (Lipinski definition) is 0. The molecule has 0 aliphatic carbocycles. The van der Waals surface area contributed by atoms with Gasteiger partial charge in [-0.2, -0.15) is 0 Å². The lowest BCUT2D eigenvalue weighted by Crippen LogP contribution is -2.57. The largest absolute Gasteiger partial charge is 0.329 e. The Morgan fingerprint density at radius 1 is 1.08 bits per heavy atom. The number of nitrogens with zero attached hydrogens (tertiary/aromatic N) is 3. The van der Waals surface area contributed by atoms with Crippen LogP contribution in [0, 0.1) is 0 Å². The smallest absolute Gasteiger partial charge is 0.250 e. The molecule has 1 atom stereocenters. The maximum atomic E-state index is 13.1. The Bertz CT molecular complexity index is 807. The van der Waals surface area contributed by atoms with Crippen LogP contribution in [0.15, 0.2) is 42.6 Å². The number of aromatic nitrogens is 1. The van der Waals surface area contributed by atoms with Gasteiger partial charge in [0.15, 0.2) is 0 Å². The molecule has 7 heteroatoms. The summed E-state index contributed by atoms with van der Waals surface area (Å²) < 4.78 is 0. The van der Waals surface area contributed by atoms with Crippen LogP contribution >= 0.6 is 23.2 Å². The molecule has 0 spiro atoms. The number of carbonyl (C=O) groups is 2. The number of amides is 2. The molecule has 0 N–H and O–H groups in total. The van der Waals surface area contributed by atoms with Crippen molar-refractivity contribution in [2.75, 3.05) is 6.54 Å². The Hall–Kier alpha value is -2.11. The summed E-state index contributed by atoms with van der Waals surface area (Å²) in [6.07, 6.45) is 1.53. The van der Waals surface area contributed by atoms with E-state index < -0.39 is 6.04 Å². The summed E-state index contributed by atoms with van der Waals surface area (Å²) in [6, 6.07) is 9.73. The first-order valence-corrected chi connectivity index (χ1v) is 9.08. The van der Waals surface area contributed by atoms with Crippen LogP contribution < -0.4 is 0 Å². The quantitative estimate of drug-likeness (QED) is 0.797. The third kappa shape index (κ3) is 3.84. The second kappa shape index (κ2) is 7.64. The second-order valence-corrected chi connectivity index (χ2v) is 7.38. The highest BCUT2D eigenvalue weighted by molar-refractivity contribution is 6.30. The molecule has 5 nitrogen and oxygen atoms in total. The fraction of sp³-hybridized carbons (Fsp3) is 0.316. The Balaban J connectivity index is 1.98. The van der Waals surface area contributed by atoms with Crippen molar-refractivity contribution >= 4 is 35.0 Å². The van der Waals surface area contributed by atoms with Crippen molar-refractivity contribution in [1.29, 1.82) is 0 Å². The van der Waals surface area contributed by atoms with E-state index in [1.165, 1.54) is 6.20 Å². The molecule has 1 fully saturated rings. The van der Waals surface area contributed by atoms with Crippen molar-refractivity contribution in [3.05, 3.63) is 63.9 Å². The average Bonchev–Trinajstić information content (AvgIpc) is 2.61. The second-order valence-electron chi connectivity index (χ2n) is 6.50. The lowest BCUT2D eigenvalue weighted by Gasteiger charge is -2.42. The van der Waals surface area contributed by atoms with Crippen molar-refractivity contribution in [3.8, 4) is 0 Å². The fourth-order valence-corrected chi connectivity index (χ4v) is 3.25. The van der Waals surface area contributed by atoms with Gasteiger partial charge in [-0.1, -0.05) is 35.3 Å². The van der Waals surface area contributed by atoms with Crippen molar-refractivity contribution in [1.82, 2.24) is 14.8 Å². The van der Waals surface area contributed by atoms with Crippen LogP contribution in [0.4, 0.5) is 0 Å². The fourth-order valence-electron chi connectivity index (χ4n) is 3.01. The number of benzene rings is 1. The molecule has 1 aliphatic rings. The summed E-state index contributed by atoms with van der Waals surface area (Å²) in [5.74, 6) is -0.217. The Morgan fingerprint density at radius 3 is 2.31 bits per heavy atom. The highest BCUT2D eigenvalue weighted by atomic mass is 35.5. The van der Waals surface area contributed by atoms with Crippen LogP contribution in [-0.4, -0.2) is 39.2 Å². The molecule has 2 aromatic rings. The average molecular weight is 392 g/mol. The zero-order valence-electron chi connectivity index (χ0n) is 14.5. The number of carbonyl (C=O) groups excluding carboxylic acids is 2. The zero-order valence-corrected chi connectivity index (χ0v) is 16.0. The van der Waals surface area contributed by atoms with E-state index in [0.717, 1.165) is 5.56 Å². The Labute approximate surface area is 162 Å². The van der Waals surface area contributed by atoms with Gasteiger partial charge in [0.25, 0.3) is 5.91 Å². The molecule has 26 heavy (non-hydrogen) atoms. The van der Waals surface area contributed by atoms with Crippen LogP contribution in [-0.2, 0) is 16.1 Å². The van der Waals surface area contributed by atoms with Gasteiger partial charge in [-0.05, 0) is 43.7 Å². The number of halogens is 2. The van der Waals surface area contributed by atoms with E-state index in [4.69, 9.17) is 23.2 Å². The van der Waals surface area contributed by atoms with Gasteiger partial charge in [-0.3, -0.25) is 14.6 Å². The molecule has 0 unspecified atom stereocenters. The minimum Gasteiger partial charge on any atom is -0.329 e. The normalized spacial score (nSPS) is 18.0. The van der Waals surface area contributed by atoms with E-state index in [9.17, 15) is 9.59 Å². The molecule has 3 rings (SSSR count). The molecule has 1 aliphatic heterocycles. The lowest BCUT2D eigenvalue weighted by atomic mass is 9.99. The molecule has 2 heterocycles. The van der Waals surface area contributed by atoms with Crippen LogP contribution in [0.2, 0.25) is 10.0 Å². The number of pyridine rings is 1. The van der Waals surface area contributed by atoms with Gasteiger partial charge in [0, 0.05) is 17.3 Å². The van der Waals surface area contributed by atoms with E-state index in [0.29, 0.717) is 15.7 Å². The molecule has 1 aromatic carbocycles. The van der Waals surface area contributed by atoms with Crippen molar-refractivity contribution in [2.24, 2.45) is 0 Å². The predicted molar refractivity (Wildman–Crippen MR) is 101 cm³/mol. The summed E-state index contributed by atoms with van der Waals surface area (Å²) in [7, 11) is 0. The molecule has 136 valence electrons. The van der Waals surface area contributed by atoms with Gasteiger partial charge in [-0.15, -0.1) is 0 Å². The van der Waals surface area contributed by atoms with Gasteiger partial charge < -0.3 is 9.80 Å². The van der Waals surface area contributed by atoms with Crippen molar-refractivity contribution in [3.63, 3.8) is 0 Å². The number of piperazine rings is 1. The van der Waals surface area contributed by atoms with E-state index in [2.05, 4.69) is 4.98 Å². The van der Waals surface area contributed by atoms with E-state index >= 15 is 0 Å². The van der Waals surface area contributed by atoms with E-state index in [1.807, 2.05) is 13.8 Å². The predicted octanol–water partition coefficient (Wildman–Crippen LogP) is 3.71. The van der Waals surface area contributed by atoms with Crippen molar-refractivity contribution in [2.45, 2.75) is 32.5 Å². The van der Waals surface area contributed by atoms with Crippen LogP contribution in [0.5, 0.6) is 0 Å². The Kier molecular flexibility index (Phi) is 5.49. The van der Waals surface area contributed by atoms with Crippen LogP contribution in [0.25, 0.3) is 0 Å². The lowest BCUT2D eigenvalue weighted by molar-refractivity contribution is -0.158. The zero-order chi connectivity index (χ0) is 18.8. The molecular formula is C19H19Cl2N3O2. The highest BCUT2D eigenvalue weighted by Gasteiger charge is 2.41. The van der Waals surface area contributed by atoms with Gasteiger partial charge in [0.2, 0.25) is 5.91 Å². The molecule has 0 saturated carbocycles. The topological polar surface area (TPSA) is 53.5 Å². The number of rotatable bonds is 4. The SMILES string of the molecule is CC(C)N1CC(=O)N(Cc2ccc(Cl)cn2)[C@H](c2ccc(Cl)cc2)C1=O. The molecule has 1 saturated heterocycles. The first-order chi connectivity index (χ1) is 12.4. The van der Waals surface area contributed by atoms with Gasteiger partial charge in [0.05, 0.1) is 17.3 Å². The first kappa shape index (κ1) is 18.7. The standard InChI is InChI=1S/C19H19Cl2N3O2/c1-12(2)23-11-17(25)24(10-16-8-7-15(21)9-22-16)18(19(23)26)13-3-5-14(20)6-4-13/h3-9,12,18H,10-11H2,1-2H3/t18-/m1/s1. The first-order valence-electron chi connectivity index (χ1n) is 8.32. The summed E-state index contributed by atoms with van der Waals surface area (Å²) in [5, 5.41) is 1.10.